The van der Waals surface area contributed by atoms with Gasteiger partial charge in [-0.3, -0.25) is 9.59 Å². The van der Waals surface area contributed by atoms with Crippen molar-refractivity contribution in [2.24, 2.45) is 5.41 Å². The molecule has 0 amide bonds. The molecule has 0 spiro atoms. The number of Topliss-reactive ketones (excluding diaryl/α,β-unsaturated/α-hetero) is 1. The number of nitrogens with zero attached hydrogens (tertiary/aromatic N) is 3. The van der Waals surface area contributed by atoms with E-state index >= 15 is 0 Å². The molecule has 3 atom stereocenters. The lowest BCUT2D eigenvalue weighted by atomic mass is 9.72. The Bertz CT molecular complexity index is 942. The summed E-state index contributed by atoms with van der Waals surface area (Å²) in [6.07, 6.45) is 1.35. The number of halogens is 1. The Balaban J connectivity index is 1.72. The summed E-state index contributed by atoms with van der Waals surface area (Å²) in [5.41, 5.74) is -0.0379. The van der Waals surface area contributed by atoms with Crippen molar-refractivity contribution in [3.05, 3.63) is 59.7 Å². The fraction of sp³-hybridized carbons (Fsp3) is 0.429. The van der Waals surface area contributed by atoms with E-state index in [1.165, 1.54) is 20.1 Å². The van der Waals surface area contributed by atoms with Crippen LogP contribution in [-0.4, -0.2) is 46.1 Å². The molecule has 29 heavy (non-hydrogen) atoms. The molecule has 1 aromatic heterocycles. The highest BCUT2D eigenvalue weighted by Gasteiger charge is 2.54. The molecule has 0 N–H and O–H groups in total. The molecule has 8 heteroatoms. The summed E-state index contributed by atoms with van der Waals surface area (Å²) in [5, 5.41) is 8.14. The van der Waals surface area contributed by atoms with Crippen molar-refractivity contribution >= 4 is 11.8 Å². The van der Waals surface area contributed by atoms with Crippen LogP contribution < -0.4 is 0 Å². The number of methoxy groups -OCH3 is 1. The van der Waals surface area contributed by atoms with Crippen molar-refractivity contribution in [3.63, 3.8) is 0 Å². The van der Waals surface area contributed by atoms with Crippen LogP contribution in [0.1, 0.15) is 31.5 Å². The standard InChI is InChI=1S/C21H24FN3O4/c1-13-14(2)29-18(21(3,19(13)26)20(27)28-4)10-9-16-12-25(24-23-16)11-15-7-5-6-8-17(15)22/h5-8,12,14,18H,1,9-11H2,2-4H3. The van der Waals surface area contributed by atoms with E-state index in [9.17, 15) is 14.0 Å². The lowest BCUT2D eigenvalue weighted by Crippen LogP contribution is -2.55. The van der Waals surface area contributed by atoms with Gasteiger partial charge in [0.15, 0.2) is 11.2 Å². The first-order valence-electron chi connectivity index (χ1n) is 9.37. The molecule has 1 fully saturated rings. The summed E-state index contributed by atoms with van der Waals surface area (Å²) >= 11 is 0. The molecule has 1 saturated heterocycles. The largest absolute Gasteiger partial charge is 0.468 e. The Hall–Kier alpha value is -2.87. The Morgan fingerprint density at radius 1 is 1.41 bits per heavy atom. The van der Waals surface area contributed by atoms with Crippen LogP contribution in [0.3, 0.4) is 0 Å². The molecule has 7 nitrogen and oxygen atoms in total. The molecule has 2 aromatic rings. The molecule has 0 aliphatic carbocycles. The number of aryl methyl sites for hydroxylation is 1. The highest BCUT2D eigenvalue weighted by atomic mass is 19.1. The van der Waals surface area contributed by atoms with Crippen LogP contribution in [0.25, 0.3) is 0 Å². The van der Waals surface area contributed by atoms with Crippen LogP contribution in [0.5, 0.6) is 0 Å². The van der Waals surface area contributed by atoms with Gasteiger partial charge in [-0.2, -0.15) is 0 Å². The van der Waals surface area contributed by atoms with E-state index in [-0.39, 0.29) is 23.7 Å². The molecule has 2 heterocycles. The third kappa shape index (κ3) is 3.98. The van der Waals surface area contributed by atoms with Crippen LogP contribution in [0.2, 0.25) is 0 Å². The minimum atomic E-state index is -1.46. The van der Waals surface area contributed by atoms with Gasteiger partial charge in [-0.15, -0.1) is 5.10 Å². The number of carbonyl (C=O) groups excluding carboxylic acids is 2. The number of rotatable bonds is 6. The lowest BCUT2D eigenvalue weighted by Gasteiger charge is -2.41. The summed E-state index contributed by atoms with van der Waals surface area (Å²) in [6.45, 7) is 7.27. The van der Waals surface area contributed by atoms with Crippen molar-refractivity contribution in [1.82, 2.24) is 15.0 Å². The fourth-order valence-corrected chi connectivity index (χ4v) is 3.53. The number of ketones is 1. The second-order valence-corrected chi connectivity index (χ2v) is 7.35. The van der Waals surface area contributed by atoms with E-state index < -0.39 is 23.6 Å². The van der Waals surface area contributed by atoms with Gasteiger partial charge >= 0.3 is 5.97 Å². The first-order valence-corrected chi connectivity index (χ1v) is 9.37. The van der Waals surface area contributed by atoms with Gasteiger partial charge in [0.05, 0.1) is 31.6 Å². The van der Waals surface area contributed by atoms with Crippen molar-refractivity contribution in [1.29, 1.82) is 0 Å². The van der Waals surface area contributed by atoms with Gasteiger partial charge in [0.25, 0.3) is 0 Å². The zero-order valence-electron chi connectivity index (χ0n) is 16.7. The minimum absolute atomic E-state index is 0.255. The van der Waals surface area contributed by atoms with Crippen molar-refractivity contribution in [3.8, 4) is 0 Å². The Labute approximate surface area is 168 Å². The van der Waals surface area contributed by atoms with Crippen molar-refractivity contribution in [2.75, 3.05) is 7.11 Å². The highest BCUT2D eigenvalue weighted by Crippen LogP contribution is 2.39. The Morgan fingerprint density at radius 3 is 2.83 bits per heavy atom. The molecule has 1 aromatic carbocycles. The van der Waals surface area contributed by atoms with E-state index in [4.69, 9.17) is 9.47 Å². The number of ether oxygens (including phenoxy) is 2. The Kier molecular flexibility index (Phi) is 5.93. The Morgan fingerprint density at radius 2 is 2.14 bits per heavy atom. The topological polar surface area (TPSA) is 83.3 Å². The number of hydrogen-bond acceptors (Lipinski definition) is 6. The molecule has 0 radical (unpaired) electrons. The molecule has 154 valence electrons. The first-order chi connectivity index (χ1) is 13.8. The monoisotopic (exact) mass is 401 g/mol. The van der Waals surface area contributed by atoms with Gasteiger partial charge in [0, 0.05) is 17.3 Å². The average Bonchev–Trinajstić information content (AvgIpc) is 3.16. The number of carbonyl (C=O) groups is 2. The number of esters is 1. The highest BCUT2D eigenvalue weighted by molar-refractivity contribution is 6.13. The molecular formula is C21H24FN3O4. The quantitative estimate of drug-likeness (QED) is 0.420. The maximum atomic E-state index is 13.8. The van der Waals surface area contributed by atoms with E-state index in [1.54, 1.807) is 36.0 Å². The van der Waals surface area contributed by atoms with Crippen LogP contribution >= 0.6 is 0 Å². The third-order valence-electron chi connectivity index (χ3n) is 5.41. The summed E-state index contributed by atoms with van der Waals surface area (Å²) in [4.78, 5) is 25.2. The first kappa shape index (κ1) is 20.9. The van der Waals surface area contributed by atoms with Crippen LogP contribution in [-0.2, 0) is 32.0 Å². The summed E-state index contributed by atoms with van der Waals surface area (Å²) in [7, 11) is 1.24. The maximum absolute atomic E-state index is 13.8. The van der Waals surface area contributed by atoms with Gasteiger partial charge in [0.2, 0.25) is 0 Å². The third-order valence-corrected chi connectivity index (χ3v) is 5.41. The van der Waals surface area contributed by atoms with Crippen molar-refractivity contribution < 1.29 is 23.5 Å². The fourth-order valence-electron chi connectivity index (χ4n) is 3.53. The van der Waals surface area contributed by atoms with E-state index in [0.717, 1.165) is 0 Å². The van der Waals surface area contributed by atoms with Crippen LogP contribution in [0.15, 0.2) is 42.6 Å². The SMILES string of the molecule is C=C1C(=O)C(C)(C(=O)OC)C(CCc2cn(Cc3ccccc3F)nn2)OC1C. The normalized spacial score (nSPS) is 24.6. The second-order valence-electron chi connectivity index (χ2n) is 7.35. The molecular weight excluding hydrogens is 377 g/mol. The molecule has 3 rings (SSSR count). The molecule has 3 unspecified atom stereocenters. The molecule has 1 aliphatic heterocycles. The summed E-state index contributed by atoms with van der Waals surface area (Å²) < 4.78 is 26.1. The van der Waals surface area contributed by atoms with Gasteiger partial charge in [-0.25, -0.2) is 9.07 Å². The predicted octanol–water partition coefficient (Wildman–Crippen LogP) is 2.49. The van der Waals surface area contributed by atoms with Gasteiger partial charge < -0.3 is 9.47 Å². The van der Waals surface area contributed by atoms with E-state index in [0.29, 0.717) is 24.1 Å². The number of benzene rings is 1. The summed E-state index contributed by atoms with van der Waals surface area (Å²) in [6, 6.07) is 6.48. The summed E-state index contributed by atoms with van der Waals surface area (Å²) in [5.74, 6) is -1.32. The average molecular weight is 401 g/mol. The zero-order chi connectivity index (χ0) is 21.2. The predicted molar refractivity (Wildman–Crippen MR) is 102 cm³/mol. The smallest absolute Gasteiger partial charge is 0.322 e. The van der Waals surface area contributed by atoms with Gasteiger partial charge in [0.1, 0.15) is 5.82 Å². The molecule has 1 aliphatic rings. The van der Waals surface area contributed by atoms with Crippen LogP contribution in [0.4, 0.5) is 4.39 Å². The number of hydrogen-bond donors (Lipinski definition) is 0. The van der Waals surface area contributed by atoms with E-state index in [1.807, 2.05) is 0 Å². The zero-order valence-corrected chi connectivity index (χ0v) is 16.7. The van der Waals surface area contributed by atoms with Crippen LogP contribution in [0, 0.1) is 11.2 Å². The van der Waals surface area contributed by atoms with Gasteiger partial charge in [-0.05, 0) is 32.8 Å². The lowest BCUT2D eigenvalue weighted by molar-refractivity contribution is -0.175. The van der Waals surface area contributed by atoms with Crippen molar-refractivity contribution in [2.45, 2.75) is 45.4 Å². The molecule has 0 bridgehead atoms. The second kappa shape index (κ2) is 8.24. The van der Waals surface area contributed by atoms with Gasteiger partial charge in [-0.1, -0.05) is 30.0 Å². The number of aromatic nitrogens is 3. The minimum Gasteiger partial charge on any atom is -0.468 e. The van der Waals surface area contributed by atoms with E-state index in [2.05, 4.69) is 16.9 Å². The molecule has 0 saturated carbocycles. The maximum Gasteiger partial charge on any atom is 0.322 e.